The molecule has 3 N–H and O–H groups in total. The maximum atomic E-state index is 9.44. The summed E-state index contributed by atoms with van der Waals surface area (Å²) in [7, 11) is 1.76. The second-order valence-corrected chi connectivity index (χ2v) is 2.64. The topological polar surface area (TPSA) is 44.3 Å². The van der Waals surface area contributed by atoms with E-state index < -0.39 is 5.60 Å². The first kappa shape index (κ1) is 9.46. The monoisotopic (exact) mass is 144 g/mol. The van der Waals surface area contributed by atoms with Gasteiger partial charge < -0.3 is 10.5 Å². The molecule has 0 fully saturated rings. The molecule has 0 aliphatic rings. The van der Waals surface area contributed by atoms with Crippen molar-refractivity contribution in [2.24, 2.45) is 0 Å². The predicted octanol–water partition coefficient (Wildman–Crippen LogP) is 0.385. The quantitative estimate of drug-likeness (QED) is 0.502. The fourth-order valence-electron chi connectivity index (χ4n) is 0.713. The summed E-state index contributed by atoms with van der Waals surface area (Å²) < 4.78 is 0. The van der Waals surface area contributed by atoms with Crippen LogP contribution >= 0.6 is 0 Å². The first-order valence-electron chi connectivity index (χ1n) is 3.34. The molecule has 0 bridgehead atoms. The van der Waals surface area contributed by atoms with Gasteiger partial charge in [-0.15, -0.1) is 0 Å². The van der Waals surface area contributed by atoms with Crippen molar-refractivity contribution < 1.29 is 5.11 Å². The van der Waals surface area contributed by atoms with Crippen molar-refractivity contribution >= 4 is 0 Å². The van der Waals surface area contributed by atoms with Crippen LogP contribution < -0.4 is 10.9 Å². The van der Waals surface area contributed by atoms with Gasteiger partial charge in [-0.05, 0) is 20.8 Å². The van der Waals surface area contributed by atoms with Crippen molar-refractivity contribution in [3.8, 4) is 0 Å². The Balaban J connectivity index is 4.10. The third kappa shape index (κ3) is 2.85. The molecule has 0 saturated heterocycles. The molecule has 3 heteroatoms. The maximum Gasteiger partial charge on any atom is 0.0994 e. The summed E-state index contributed by atoms with van der Waals surface area (Å²) in [5.74, 6) is 0. The minimum Gasteiger partial charge on any atom is -0.384 e. The van der Waals surface area contributed by atoms with Gasteiger partial charge in [-0.3, -0.25) is 0 Å². The number of allylic oxidation sites excluding steroid dienone is 1. The van der Waals surface area contributed by atoms with E-state index in [0.29, 0.717) is 0 Å². The SMILES string of the molecule is C/C=C(/NNC)C(C)(C)O. The Kier molecular flexibility index (Phi) is 3.39. The second-order valence-electron chi connectivity index (χ2n) is 2.64. The molecule has 60 valence electrons. The van der Waals surface area contributed by atoms with Gasteiger partial charge in [0, 0.05) is 7.05 Å². The molecule has 0 radical (unpaired) electrons. The van der Waals surface area contributed by atoms with E-state index in [2.05, 4.69) is 10.9 Å². The largest absolute Gasteiger partial charge is 0.384 e. The van der Waals surface area contributed by atoms with Crippen molar-refractivity contribution in [3.05, 3.63) is 11.8 Å². The minimum atomic E-state index is -0.794. The highest BCUT2D eigenvalue weighted by atomic mass is 16.3. The highest BCUT2D eigenvalue weighted by Gasteiger charge is 2.17. The highest BCUT2D eigenvalue weighted by Crippen LogP contribution is 2.10. The molecule has 0 rings (SSSR count). The van der Waals surface area contributed by atoms with Gasteiger partial charge in [-0.25, -0.2) is 5.43 Å². The van der Waals surface area contributed by atoms with Gasteiger partial charge in [0.15, 0.2) is 0 Å². The third-order valence-corrected chi connectivity index (χ3v) is 1.21. The Bertz CT molecular complexity index is 124. The molecule has 10 heavy (non-hydrogen) atoms. The molecular formula is C7H16N2O. The molecule has 0 amide bonds. The lowest BCUT2D eigenvalue weighted by Gasteiger charge is -2.22. The molecule has 0 atom stereocenters. The number of rotatable bonds is 3. The minimum absolute atomic E-state index is 0.773. The first-order chi connectivity index (χ1) is 4.52. The summed E-state index contributed by atoms with van der Waals surface area (Å²) in [4.78, 5) is 0. The van der Waals surface area contributed by atoms with Crippen LogP contribution in [0.3, 0.4) is 0 Å². The number of nitrogens with one attached hydrogen (secondary N) is 2. The average Bonchev–Trinajstić information content (AvgIpc) is 1.80. The first-order valence-corrected chi connectivity index (χ1v) is 3.34. The smallest absolute Gasteiger partial charge is 0.0994 e. The standard InChI is InChI=1S/C7H16N2O/c1-5-6(9-8-4)7(2,3)10/h5,8-10H,1-4H3/b6-5+. The zero-order chi connectivity index (χ0) is 8.20. The maximum absolute atomic E-state index is 9.44. The molecule has 3 nitrogen and oxygen atoms in total. The summed E-state index contributed by atoms with van der Waals surface area (Å²) in [6, 6.07) is 0. The lowest BCUT2D eigenvalue weighted by Crippen LogP contribution is -2.38. The van der Waals surface area contributed by atoms with Crippen molar-refractivity contribution in [2.45, 2.75) is 26.4 Å². The predicted molar refractivity (Wildman–Crippen MR) is 42.3 cm³/mol. The Hall–Kier alpha value is -0.540. The Morgan fingerprint density at radius 3 is 2.10 bits per heavy atom. The Morgan fingerprint density at radius 2 is 2.00 bits per heavy atom. The number of hydrogen-bond donors (Lipinski definition) is 3. The average molecular weight is 144 g/mol. The van der Waals surface area contributed by atoms with E-state index in [1.807, 2.05) is 13.0 Å². The molecule has 0 aliphatic carbocycles. The molecule has 0 aliphatic heterocycles. The van der Waals surface area contributed by atoms with Crippen LogP contribution in [0.4, 0.5) is 0 Å². The summed E-state index contributed by atoms with van der Waals surface area (Å²) in [5, 5.41) is 9.44. The molecule has 0 heterocycles. The Morgan fingerprint density at radius 1 is 1.50 bits per heavy atom. The molecule has 0 saturated carbocycles. The highest BCUT2D eigenvalue weighted by molar-refractivity contribution is 5.09. The van der Waals surface area contributed by atoms with Crippen molar-refractivity contribution in [1.82, 2.24) is 10.9 Å². The summed E-state index contributed by atoms with van der Waals surface area (Å²) in [6.07, 6.45) is 1.83. The van der Waals surface area contributed by atoms with Gasteiger partial charge in [0.25, 0.3) is 0 Å². The van der Waals surface area contributed by atoms with Gasteiger partial charge in [-0.2, -0.15) is 0 Å². The summed E-state index contributed by atoms with van der Waals surface area (Å²) >= 11 is 0. The van der Waals surface area contributed by atoms with Crippen LogP contribution in [0.15, 0.2) is 11.8 Å². The summed E-state index contributed by atoms with van der Waals surface area (Å²) in [6.45, 7) is 5.33. The molecule has 0 unspecified atom stereocenters. The van der Waals surface area contributed by atoms with Gasteiger partial charge in [-0.1, -0.05) is 6.08 Å². The third-order valence-electron chi connectivity index (χ3n) is 1.21. The van der Waals surface area contributed by atoms with Crippen LogP contribution in [-0.4, -0.2) is 17.8 Å². The van der Waals surface area contributed by atoms with Crippen molar-refractivity contribution in [2.75, 3.05) is 7.05 Å². The van der Waals surface area contributed by atoms with Crippen LogP contribution in [0, 0.1) is 0 Å². The second kappa shape index (κ2) is 3.58. The normalized spacial score (nSPS) is 13.5. The molecule has 0 aromatic carbocycles. The van der Waals surface area contributed by atoms with Crippen molar-refractivity contribution in [1.29, 1.82) is 0 Å². The van der Waals surface area contributed by atoms with E-state index in [1.165, 1.54) is 0 Å². The fourth-order valence-corrected chi connectivity index (χ4v) is 0.713. The van der Waals surface area contributed by atoms with E-state index in [4.69, 9.17) is 0 Å². The zero-order valence-electron chi connectivity index (χ0n) is 7.02. The lowest BCUT2D eigenvalue weighted by molar-refractivity contribution is 0.109. The zero-order valence-corrected chi connectivity index (χ0v) is 7.02. The molecule has 0 aromatic rings. The number of aliphatic hydroxyl groups is 1. The van der Waals surface area contributed by atoms with Crippen LogP contribution in [-0.2, 0) is 0 Å². The lowest BCUT2D eigenvalue weighted by atomic mass is 10.1. The van der Waals surface area contributed by atoms with Gasteiger partial charge in [0.2, 0.25) is 0 Å². The number of hydrazine groups is 1. The van der Waals surface area contributed by atoms with Crippen LogP contribution in [0.5, 0.6) is 0 Å². The molecule has 0 spiro atoms. The van der Waals surface area contributed by atoms with E-state index >= 15 is 0 Å². The van der Waals surface area contributed by atoms with E-state index in [1.54, 1.807) is 20.9 Å². The van der Waals surface area contributed by atoms with E-state index in [-0.39, 0.29) is 0 Å². The molecule has 0 aromatic heterocycles. The molecular weight excluding hydrogens is 128 g/mol. The van der Waals surface area contributed by atoms with Gasteiger partial charge >= 0.3 is 0 Å². The Labute approximate surface area is 62.1 Å². The van der Waals surface area contributed by atoms with Gasteiger partial charge in [0.05, 0.1) is 11.3 Å². The van der Waals surface area contributed by atoms with E-state index in [0.717, 1.165) is 5.70 Å². The van der Waals surface area contributed by atoms with E-state index in [9.17, 15) is 5.11 Å². The summed E-state index contributed by atoms with van der Waals surface area (Å²) in [5.41, 5.74) is 5.56. The number of hydrogen-bond acceptors (Lipinski definition) is 3. The van der Waals surface area contributed by atoms with Gasteiger partial charge in [0.1, 0.15) is 0 Å². The fraction of sp³-hybridized carbons (Fsp3) is 0.714. The van der Waals surface area contributed by atoms with Crippen LogP contribution in [0.25, 0.3) is 0 Å². The van der Waals surface area contributed by atoms with Crippen LogP contribution in [0.2, 0.25) is 0 Å². The van der Waals surface area contributed by atoms with Crippen molar-refractivity contribution in [3.63, 3.8) is 0 Å². The van der Waals surface area contributed by atoms with Crippen LogP contribution in [0.1, 0.15) is 20.8 Å².